The molecule has 4 heteroatoms. The van der Waals surface area contributed by atoms with Gasteiger partial charge in [0.2, 0.25) is 0 Å². The number of aromatic nitrogens is 1. The van der Waals surface area contributed by atoms with Gasteiger partial charge < -0.3 is 11.1 Å². The van der Waals surface area contributed by atoms with Crippen molar-refractivity contribution in [3.05, 3.63) is 16.6 Å². The van der Waals surface area contributed by atoms with Gasteiger partial charge >= 0.3 is 0 Å². The number of hydrogen-bond acceptors (Lipinski definition) is 4. The summed E-state index contributed by atoms with van der Waals surface area (Å²) in [5, 5.41) is 6.67. The van der Waals surface area contributed by atoms with Crippen LogP contribution >= 0.6 is 11.3 Å². The Morgan fingerprint density at radius 2 is 2.33 bits per heavy atom. The summed E-state index contributed by atoms with van der Waals surface area (Å²) in [4.78, 5) is 4.33. The normalized spacial score (nSPS) is 14.1. The molecule has 1 aromatic heterocycles. The fourth-order valence-electron chi connectivity index (χ4n) is 1.43. The highest BCUT2D eigenvalue weighted by Crippen LogP contribution is 2.21. The number of nitrogens with zero attached hydrogens (tertiary/aromatic N) is 1. The molecule has 0 radical (unpaired) electrons. The van der Waals surface area contributed by atoms with Gasteiger partial charge in [0.25, 0.3) is 0 Å². The molecule has 0 spiro atoms. The van der Waals surface area contributed by atoms with Gasteiger partial charge in [-0.25, -0.2) is 4.98 Å². The Kier molecular flexibility index (Phi) is 4.70. The smallest absolute Gasteiger partial charge is 0.112 e. The molecule has 3 nitrogen and oxygen atoms in total. The second-order valence-corrected chi connectivity index (χ2v) is 5.40. The summed E-state index contributed by atoms with van der Waals surface area (Å²) in [7, 11) is 0. The number of hydrogen-bond donors (Lipinski definition) is 2. The molecule has 3 N–H and O–H groups in total. The summed E-state index contributed by atoms with van der Waals surface area (Å²) in [6.45, 7) is 7.37. The highest BCUT2D eigenvalue weighted by molar-refractivity contribution is 7.09. The van der Waals surface area contributed by atoms with E-state index < -0.39 is 0 Å². The van der Waals surface area contributed by atoms with E-state index in [1.54, 1.807) is 11.3 Å². The van der Waals surface area contributed by atoms with Crippen LogP contribution in [0.25, 0.3) is 0 Å². The van der Waals surface area contributed by atoms with Gasteiger partial charge in [-0.05, 0) is 40.2 Å². The number of rotatable bonds is 6. The van der Waals surface area contributed by atoms with E-state index in [9.17, 15) is 0 Å². The molecule has 1 heterocycles. The molecular formula is C11H21N3S. The van der Waals surface area contributed by atoms with Gasteiger partial charge in [0.15, 0.2) is 0 Å². The molecule has 1 unspecified atom stereocenters. The first kappa shape index (κ1) is 12.6. The lowest BCUT2D eigenvalue weighted by Crippen LogP contribution is -2.37. The van der Waals surface area contributed by atoms with E-state index in [1.807, 2.05) is 18.5 Å². The molecular weight excluding hydrogens is 206 g/mol. The third-order valence-corrected chi connectivity index (χ3v) is 3.47. The first-order chi connectivity index (χ1) is 7.02. The van der Waals surface area contributed by atoms with Crippen LogP contribution in [0, 0.1) is 0 Å². The maximum absolute atomic E-state index is 5.70. The van der Waals surface area contributed by atoms with Crippen molar-refractivity contribution < 1.29 is 0 Å². The minimum absolute atomic E-state index is 0.0218. The number of thiazole rings is 1. The molecule has 0 saturated heterocycles. The maximum Gasteiger partial charge on any atom is 0.112 e. The second-order valence-electron chi connectivity index (χ2n) is 4.51. The highest BCUT2D eigenvalue weighted by Gasteiger charge is 2.21. The van der Waals surface area contributed by atoms with Crippen molar-refractivity contribution in [2.45, 2.75) is 45.2 Å². The summed E-state index contributed by atoms with van der Waals surface area (Å²) >= 11 is 1.70. The third kappa shape index (κ3) is 4.28. The van der Waals surface area contributed by atoms with E-state index in [0.717, 1.165) is 24.4 Å². The van der Waals surface area contributed by atoms with Crippen LogP contribution in [0.3, 0.4) is 0 Å². The predicted molar refractivity (Wildman–Crippen MR) is 66.0 cm³/mol. The molecule has 15 heavy (non-hydrogen) atoms. The Morgan fingerprint density at radius 1 is 1.60 bits per heavy atom. The van der Waals surface area contributed by atoms with Gasteiger partial charge in [0.05, 0.1) is 5.54 Å². The van der Waals surface area contributed by atoms with Gasteiger partial charge in [-0.15, -0.1) is 11.3 Å². The Bertz CT molecular complexity index is 267. The average molecular weight is 227 g/mol. The van der Waals surface area contributed by atoms with Crippen LogP contribution in [0.4, 0.5) is 0 Å². The summed E-state index contributed by atoms with van der Waals surface area (Å²) in [6.07, 6.45) is 4.04. The molecule has 1 aromatic rings. The van der Waals surface area contributed by atoms with Crippen LogP contribution in [-0.2, 0) is 5.54 Å². The zero-order chi connectivity index (χ0) is 11.3. The van der Waals surface area contributed by atoms with Crippen LogP contribution in [0.5, 0.6) is 0 Å². The summed E-state index contributed by atoms with van der Waals surface area (Å²) in [5.74, 6) is 0. The molecule has 86 valence electrons. The van der Waals surface area contributed by atoms with Gasteiger partial charge in [-0.2, -0.15) is 0 Å². The van der Waals surface area contributed by atoms with E-state index in [0.29, 0.717) is 6.04 Å². The monoisotopic (exact) mass is 227 g/mol. The lowest BCUT2D eigenvalue weighted by atomic mass is 10.1. The Balaban J connectivity index is 2.31. The van der Waals surface area contributed by atoms with E-state index >= 15 is 0 Å². The fourth-order valence-corrected chi connectivity index (χ4v) is 2.17. The zero-order valence-corrected chi connectivity index (χ0v) is 10.6. The molecule has 1 atom stereocenters. The van der Waals surface area contributed by atoms with E-state index in [2.05, 4.69) is 24.1 Å². The molecule has 1 rings (SSSR count). The lowest BCUT2D eigenvalue weighted by Gasteiger charge is -2.24. The molecule has 0 aromatic carbocycles. The lowest BCUT2D eigenvalue weighted by molar-refractivity contribution is 0.392. The van der Waals surface area contributed by atoms with Crippen LogP contribution in [0.1, 0.15) is 38.6 Å². The largest absolute Gasteiger partial charge is 0.328 e. The van der Waals surface area contributed by atoms with Crippen molar-refractivity contribution in [1.82, 2.24) is 10.3 Å². The summed E-state index contributed by atoms with van der Waals surface area (Å²) < 4.78 is 0. The molecule has 0 aliphatic carbocycles. The first-order valence-electron chi connectivity index (χ1n) is 5.43. The van der Waals surface area contributed by atoms with Crippen LogP contribution in [0.15, 0.2) is 11.6 Å². The summed E-state index contributed by atoms with van der Waals surface area (Å²) in [5.41, 5.74) is 5.68. The van der Waals surface area contributed by atoms with Crippen molar-refractivity contribution in [2.24, 2.45) is 5.73 Å². The number of nitrogens with one attached hydrogen (secondary N) is 1. The Morgan fingerprint density at radius 3 is 2.87 bits per heavy atom. The van der Waals surface area contributed by atoms with Crippen molar-refractivity contribution in [3.63, 3.8) is 0 Å². The third-order valence-electron chi connectivity index (χ3n) is 2.37. The molecule has 0 bridgehead atoms. The van der Waals surface area contributed by atoms with Gasteiger partial charge in [-0.1, -0.05) is 0 Å². The van der Waals surface area contributed by atoms with E-state index in [1.165, 1.54) is 0 Å². The molecule has 0 aliphatic rings. The van der Waals surface area contributed by atoms with E-state index in [4.69, 9.17) is 5.73 Å². The standard InChI is InChI=1S/C11H21N3S/c1-9(12)5-4-6-14-11(2,3)10-13-7-8-15-10/h7-9,14H,4-6,12H2,1-3H3. The van der Waals surface area contributed by atoms with Gasteiger partial charge in [0, 0.05) is 17.6 Å². The van der Waals surface area contributed by atoms with Crippen LogP contribution in [0.2, 0.25) is 0 Å². The minimum Gasteiger partial charge on any atom is -0.328 e. The first-order valence-corrected chi connectivity index (χ1v) is 6.31. The van der Waals surface area contributed by atoms with Crippen molar-refractivity contribution in [3.8, 4) is 0 Å². The van der Waals surface area contributed by atoms with Gasteiger partial charge in [-0.3, -0.25) is 0 Å². The quantitative estimate of drug-likeness (QED) is 0.732. The summed E-state index contributed by atoms with van der Waals surface area (Å²) in [6, 6.07) is 0.301. The molecule has 0 amide bonds. The predicted octanol–water partition coefficient (Wildman–Crippen LogP) is 2.10. The van der Waals surface area contributed by atoms with Crippen molar-refractivity contribution in [1.29, 1.82) is 0 Å². The topological polar surface area (TPSA) is 50.9 Å². The highest BCUT2D eigenvalue weighted by atomic mass is 32.1. The van der Waals surface area contributed by atoms with Crippen molar-refractivity contribution in [2.75, 3.05) is 6.54 Å². The van der Waals surface area contributed by atoms with Crippen LogP contribution in [-0.4, -0.2) is 17.6 Å². The molecule has 0 saturated carbocycles. The van der Waals surface area contributed by atoms with Crippen LogP contribution < -0.4 is 11.1 Å². The SMILES string of the molecule is CC(N)CCCNC(C)(C)c1nccs1. The minimum atomic E-state index is -0.0218. The van der Waals surface area contributed by atoms with E-state index in [-0.39, 0.29) is 5.54 Å². The Hall–Kier alpha value is -0.450. The molecule has 0 fully saturated rings. The maximum atomic E-state index is 5.70. The number of nitrogens with two attached hydrogens (primary N) is 1. The van der Waals surface area contributed by atoms with Gasteiger partial charge in [0.1, 0.15) is 5.01 Å². The molecule has 0 aliphatic heterocycles. The zero-order valence-electron chi connectivity index (χ0n) is 9.79. The fraction of sp³-hybridized carbons (Fsp3) is 0.727. The second kappa shape index (κ2) is 5.58. The van der Waals surface area contributed by atoms with Crippen molar-refractivity contribution >= 4 is 11.3 Å². The average Bonchev–Trinajstić information content (AvgIpc) is 2.65. The Labute approximate surface area is 96.1 Å².